The molecule has 0 saturated carbocycles. The smallest absolute Gasteiger partial charge is 0.224 e. The van der Waals surface area contributed by atoms with Crippen LogP contribution in [0.4, 0.5) is 0 Å². The van der Waals surface area contributed by atoms with Gasteiger partial charge in [-0.3, -0.25) is 4.79 Å². The van der Waals surface area contributed by atoms with Gasteiger partial charge >= 0.3 is 0 Å². The van der Waals surface area contributed by atoms with Crippen molar-refractivity contribution >= 4 is 5.91 Å². The summed E-state index contributed by atoms with van der Waals surface area (Å²) < 4.78 is 0. The number of allylic oxidation sites excluding steroid dienone is 3. The summed E-state index contributed by atoms with van der Waals surface area (Å²) in [6.45, 7) is 1.87. The van der Waals surface area contributed by atoms with Crippen LogP contribution in [0, 0.1) is 12.3 Å². The fourth-order valence-electron chi connectivity index (χ4n) is 0.686. The van der Waals surface area contributed by atoms with Gasteiger partial charge in [-0.25, -0.2) is 0 Å². The van der Waals surface area contributed by atoms with Gasteiger partial charge in [0.15, 0.2) is 0 Å². The summed E-state index contributed by atoms with van der Waals surface area (Å²) in [5, 5.41) is 2.54. The topological polar surface area (TPSA) is 29.1 Å². The van der Waals surface area contributed by atoms with Crippen LogP contribution >= 0.6 is 0 Å². The van der Waals surface area contributed by atoms with Crippen LogP contribution in [0.2, 0.25) is 0 Å². The Balaban J connectivity index is 4.13. The van der Waals surface area contributed by atoms with E-state index in [9.17, 15) is 4.79 Å². The molecule has 0 bridgehead atoms. The van der Waals surface area contributed by atoms with Crippen molar-refractivity contribution in [3.8, 4) is 12.3 Å². The predicted molar refractivity (Wildman–Crippen MR) is 50.4 cm³/mol. The first-order chi connectivity index (χ1) is 5.74. The highest BCUT2D eigenvalue weighted by Crippen LogP contribution is 2.02. The van der Waals surface area contributed by atoms with Crippen molar-refractivity contribution in [1.29, 1.82) is 0 Å². The SMILES string of the molecule is C#C/C=C\C(=C/C)CC(=O)NC. The quantitative estimate of drug-likeness (QED) is 0.492. The minimum atomic E-state index is -0.00947. The van der Waals surface area contributed by atoms with Gasteiger partial charge in [-0.15, -0.1) is 6.42 Å². The zero-order valence-electron chi connectivity index (χ0n) is 7.42. The first-order valence-electron chi connectivity index (χ1n) is 3.73. The molecular weight excluding hydrogens is 150 g/mol. The summed E-state index contributed by atoms with van der Waals surface area (Å²) in [4.78, 5) is 10.9. The molecule has 64 valence electrons. The molecule has 0 aliphatic heterocycles. The van der Waals surface area contributed by atoms with Gasteiger partial charge in [0, 0.05) is 7.05 Å². The van der Waals surface area contributed by atoms with Crippen LogP contribution in [0.1, 0.15) is 13.3 Å². The largest absolute Gasteiger partial charge is 0.359 e. The molecule has 0 aliphatic carbocycles. The number of amides is 1. The summed E-state index contributed by atoms with van der Waals surface area (Å²) in [6, 6.07) is 0. The Bertz CT molecular complexity index is 243. The normalized spacial score (nSPS) is 11.2. The number of carbonyl (C=O) groups excluding carboxylic acids is 1. The minimum Gasteiger partial charge on any atom is -0.359 e. The Kier molecular flexibility index (Phi) is 5.46. The fourth-order valence-corrected chi connectivity index (χ4v) is 0.686. The third kappa shape index (κ3) is 4.35. The third-order valence-electron chi connectivity index (χ3n) is 1.41. The second-order valence-electron chi connectivity index (χ2n) is 2.21. The number of carbonyl (C=O) groups is 1. The first-order valence-corrected chi connectivity index (χ1v) is 3.73. The van der Waals surface area contributed by atoms with Gasteiger partial charge in [0.2, 0.25) is 5.91 Å². The lowest BCUT2D eigenvalue weighted by Gasteiger charge is -1.98. The average molecular weight is 163 g/mol. The molecule has 0 radical (unpaired) electrons. The molecule has 0 aromatic heterocycles. The lowest BCUT2D eigenvalue weighted by Crippen LogP contribution is -2.17. The Morgan fingerprint density at radius 1 is 1.67 bits per heavy atom. The Hall–Kier alpha value is -1.49. The highest BCUT2D eigenvalue weighted by molar-refractivity contribution is 5.78. The van der Waals surface area contributed by atoms with E-state index in [-0.39, 0.29) is 5.91 Å². The van der Waals surface area contributed by atoms with E-state index in [1.165, 1.54) is 0 Å². The number of rotatable bonds is 3. The summed E-state index contributed by atoms with van der Waals surface area (Å²) in [6.07, 6.45) is 10.6. The molecule has 2 heteroatoms. The van der Waals surface area contributed by atoms with E-state index < -0.39 is 0 Å². The lowest BCUT2D eigenvalue weighted by molar-refractivity contribution is -0.119. The Morgan fingerprint density at radius 2 is 2.33 bits per heavy atom. The van der Waals surface area contributed by atoms with E-state index in [1.807, 2.05) is 13.0 Å². The average Bonchev–Trinajstić information content (AvgIpc) is 2.11. The van der Waals surface area contributed by atoms with Crippen molar-refractivity contribution in [1.82, 2.24) is 5.32 Å². The molecule has 0 aromatic carbocycles. The molecule has 0 aromatic rings. The third-order valence-corrected chi connectivity index (χ3v) is 1.41. The van der Waals surface area contributed by atoms with Crippen molar-refractivity contribution in [2.24, 2.45) is 0 Å². The van der Waals surface area contributed by atoms with Crippen LogP contribution in [0.3, 0.4) is 0 Å². The zero-order chi connectivity index (χ0) is 9.40. The maximum atomic E-state index is 10.9. The molecule has 0 aliphatic rings. The lowest BCUT2D eigenvalue weighted by atomic mass is 10.1. The van der Waals surface area contributed by atoms with E-state index in [0.29, 0.717) is 6.42 Å². The summed E-state index contributed by atoms with van der Waals surface area (Å²) >= 11 is 0. The standard InChI is InChI=1S/C10H13NO/c1-4-6-7-9(5-2)8-10(12)11-3/h1,5-7H,8H2,2-3H3,(H,11,12)/b7-6-,9-5+. The molecular formula is C10H13NO. The molecule has 0 heterocycles. The van der Waals surface area contributed by atoms with E-state index in [4.69, 9.17) is 6.42 Å². The molecule has 0 spiro atoms. The van der Waals surface area contributed by atoms with Gasteiger partial charge < -0.3 is 5.32 Å². The molecule has 0 unspecified atom stereocenters. The predicted octanol–water partition coefficient (Wildman–Crippen LogP) is 1.26. The maximum Gasteiger partial charge on any atom is 0.224 e. The second-order valence-corrected chi connectivity index (χ2v) is 2.21. The van der Waals surface area contributed by atoms with Crippen molar-refractivity contribution in [3.05, 3.63) is 23.8 Å². The molecule has 0 rings (SSSR count). The van der Waals surface area contributed by atoms with E-state index in [0.717, 1.165) is 5.57 Å². The molecule has 2 nitrogen and oxygen atoms in total. The second kappa shape index (κ2) is 6.23. The van der Waals surface area contributed by atoms with Gasteiger partial charge in [-0.05, 0) is 18.6 Å². The van der Waals surface area contributed by atoms with Crippen LogP contribution in [0.5, 0.6) is 0 Å². The maximum absolute atomic E-state index is 10.9. The van der Waals surface area contributed by atoms with Crippen molar-refractivity contribution in [2.75, 3.05) is 7.05 Å². The number of hydrogen-bond donors (Lipinski definition) is 1. The van der Waals surface area contributed by atoms with Crippen LogP contribution in [0.25, 0.3) is 0 Å². The molecule has 0 saturated heterocycles. The Morgan fingerprint density at radius 3 is 2.75 bits per heavy atom. The Labute approximate surface area is 73.4 Å². The monoisotopic (exact) mass is 163 g/mol. The van der Waals surface area contributed by atoms with Gasteiger partial charge in [-0.1, -0.05) is 18.1 Å². The van der Waals surface area contributed by atoms with E-state index in [1.54, 1.807) is 19.2 Å². The van der Waals surface area contributed by atoms with E-state index >= 15 is 0 Å². The highest BCUT2D eigenvalue weighted by Gasteiger charge is 1.98. The molecule has 12 heavy (non-hydrogen) atoms. The van der Waals surface area contributed by atoms with Crippen molar-refractivity contribution in [2.45, 2.75) is 13.3 Å². The summed E-state index contributed by atoms with van der Waals surface area (Å²) in [7, 11) is 1.61. The zero-order valence-corrected chi connectivity index (χ0v) is 7.42. The van der Waals surface area contributed by atoms with Gasteiger partial charge in [0.25, 0.3) is 0 Å². The van der Waals surface area contributed by atoms with Crippen LogP contribution in [-0.4, -0.2) is 13.0 Å². The minimum absolute atomic E-state index is 0.00947. The number of nitrogens with one attached hydrogen (secondary N) is 1. The van der Waals surface area contributed by atoms with Gasteiger partial charge in [-0.2, -0.15) is 0 Å². The highest BCUT2D eigenvalue weighted by atomic mass is 16.1. The van der Waals surface area contributed by atoms with Crippen molar-refractivity contribution in [3.63, 3.8) is 0 Å². The first kappa shape index (κ1) is 10.5. The summed E-state index contributed by atoms with van der Waals surface area (Å²) in [5.74, 6) is 2.36. The van der Waals surface area contributed by atoms with Crippen LogP contribution in [-0.2, 0) is 4.79 Å². The van der Waals surface area contributed by atoms with E-state index in [2.05, 4.69) is 11.2 Å². The van der Waals surface area contributed by atoms with Gasteiger partial charge in [0.1, 0.15) is 0 Å². The summed E-state index contributed by atoms with van der Waals surface area (Å²) in [5.41, 5.74) is 0.923. The molecule has 1 amide bonds. The van der Waals surface area contributed by atoms with Crippen molar-refractivity contribution < 1.29 is 4.79 Å². The van der Waals surface area contributed by atoms with Gasteiger partial charge in [0.05, 0.1) is 6.42 Å². The molecule has 0 atom stereocenters. The fraction of sp³-hybridized carbons (Fsp3) is 0.300. The van der Waals surface area contributed by atoms with Crippen LogP contribution in [0.15, 0.2) is 23.8 Å². The van der Waals surface area contributed by atoms with Crippen LogP contribution < -0.4 is 5.32 Å². The molecule has 0 fully saturated rings. The number of hydrogen-bond acceptors (Lipinski definition) is 1. The number of terminal acetylenes is 1. The molecule has 1 N–H and O–H groups in total.